The molecule has 236 valence electrons. The van der Waals surface area contributed by atoms with E-state index in [1.54, 1.807) is 42.5 Å². The highest BCUT2D eigenvalue weighted by Gasteiger charge is 2.23. The zero-order valence-electron chi connectivity index (χ0n) is 24.2. The Bertz CT molecular complexity index is 1690. The SMILES string of the molecule is COc1ccccc1Oc1c(NS(=O)(=O)c2ccc(OCCOC(C)=O)cc2)ncnc1OCCOC(=O)Nc1ccccn1. The number of hydrogen-bond acceptors (Lipinski definition) is 13. The van der Waals surface area contributed by atoms with Crippen LogP contribution in [0, 0.1) is 0 Å². The summed E-state index contributed by atoms with van der Waals surface area (Å²) in [6.45, 7) is 1.08. The standard InChI is InChI=1S/C29H29N5O10S/c1-20(35)40-15-16-41-21-10-12-22(13-11-21)45(37,38)34-27-26(44-24-8-4-3-7-23(24)39-2)28(32-19-31-27)42-17-18-43-29(36)33-25-9-5-6-14-30-25/h3-14,19H,15-18H2,1-2H3,(H,30,33,36)(H,31,32,34). The number of pyridine rings is 1. The number of nitrogens with one attached hydrogen (secondary N) is 2. The highest BCUT2D eigenvalue weighted by molar-refractivity contribution is 7.92. The maximum absolute atomic E-state index is 13.3. The molecule has 0 aliphatic rings. The van der Waals surface area contributed by atoms with Crippen LogP contribution in [0.5, 0.6) is 28.9 Å². The summed E-state index contributed by atoms with van der Waals surface area (Å²) in [5.41, 5.74) is 0. The molecule has 2 N–H and O–H groups in total. The molecule has 0 saturated carbocycles. The van der Waals surface area contributed by atoms with E-state index in [0.29, 0.717) is 17.3 Å². The fourth-order valence-corrected chi connectivity index (χ4v) is 4.55. The maximum Gasteiger partial charge on any atom is 0.412 e. The van der Waals surface area contributed by atoms with Crippen molar-refractivity contribution in [2.75, 3.05) is 43.6 Å². The number of carbonyl (C=O) groups excluding carboxylic acids is 2. The fraction of sp³-hybridized carbons (Fsp3) is 0.207. The number of sulfonamides is 1. The third kappa shape index (κ3) is 9.69. The molecule has 0 bridgehead atoms. The smallest absolute Gasteiger partial charge is 0.412 e. The zero-order chi connectivity index (χ0) is 32.1. The fourth-order valence-electron chi connectivity index (χ4n) is 3.53. The van der Waals surface area contributed by atoms with Gasteiger partial charge in [-0.3, -0.25) is 14.8 Å². The average Bonchev–Trinajstić information content (AvgIpc) is 3.03. The number of esters is 1. The Morgan fingerprint density at radius 2 is 1.51 bits per heavy atom. The second-order valence-corrected chi connectivity index (χ2v) is 10.4. The highest BCUT2D eigenvalue weighted by atomic mass is 32.2. The monoisotopic (exact) mass is 639 g/mol. The Morgan fingerprint density at radius 1 is 0.800 bits per heavy atom. The molecule has 2 aromatic heterocycles. The minimum Gasteiger partial charge on any atom is -0.493 e. The third-order valence-corrected chi connectivity index (χ3v) is 6.88. The van der Waals surface area contributed by atoms with Crippen LogP contribution in [0.3, 0.4) is 0 Å². The van der Waals surface area contributed by atoms with Crippen molar-refractivity contribution < 1.29 is 46.4 Å². The number of hydrogen-bond donors (Lipinski definition) is 2. The molecular formula is C29H29N5O10S. The number of rotatable bonds is 15. The van der Waals surface area contributed by atoms with Crippen LogP contribution in [0.2, 0.25) is 0 Å². The van der Waals surface area contributed by atoms with Gasteiger partial charge in [0.1, 0.15) is 44.3 Å². The van der Waals surface area contributed by atoms with E-state index in [0.717, 1.165) is 6.33 Å². The number of methoxy groups -OCH3 is 1. The summed E-state index contributed by atoms with van der Waals surface area (Å²) in [6, 6.07) is 17.2. The van der Waals surface area contributed by atoms with Crippen LogP contribution in [0.15, 0.2) is 84.1 Å². The first kappa shape index (κ1) is 32.3. The Balaban J connectivity index is 1.49. The largest absolute Gasteiger partial charge is 0.493 e. The lowest BCUT2D eigenvalue weighted by Crippen LogP contribution is -2.19. The van der Waals surface area contributed by atoms with Gasteiger partial charge in [-0.25, -0.2) is 23.2 Å². The number of nitrogens with zero attached hydrogens (tertiary/aromatic N) is 3. The van der Waals surface area contributed by atoms with Gasteiger partial charge in [0.2, 0.25) is 5.75 Å². The van der Waals surface area contributed by atoms with Gasteiger partial charge in [-0.1, -0.05) is 18.2 Å². The van der Waals surface area contributed by atoms with Crippen LogP contribution >= 0.6 is 0 Å². The molecule has 0 saturated heterocycles. The number of anilines is 2. The molecule has 0 radical (unpaired) electrons. The van der Waals surface area contributed by atoms with Crippen molar-refractivity contribution in [3.05, 3.63) is 79.3 Å². The van der Waals surface area contributed by atoms with Gasteiger partial charge in [-0.05, 0) is 48.5 Å². The van der Waals surface area contributed by atoms with Crippen LogP contribution in [-0.2, 0) is 24.3 Å². The van der Waals surface area contributed by atoms with Crippen LogP contribution in [0.4, 0.5) is 16.4 Å². The van der Waals surface area contributed by atoms with E-state index < -0.39 is 22.1 Å². The number of ether oxygens (including phenoxy) is 6. The predicted molar refractivity (Wildman–Crippen MR) is 159 cm³/mol. The second-order valence-electron chi connectivity index (χ2n) is 8.70. The summed E-state index contributed by atoms with van der Waals surface area (Å²) in [4.78, 5) is 35.0. The molecule has 0 fully saturated rings. The van der Waals surface area contributed by atoms with Crippen molar-refractivity contribution in [2.45, 2.75) is 11.8 Å². The second kappa shape index (κ2) is 15.7. The van der Waals surface area contributed by atoms with Gasteiger partial charge in [-0.15, -0.1) is 0 Å². The van der Waals surface area contributed by atoms with Crippen molar-refractivity contribution in [1.82, 2.24) is 15.0 Å². The van der Waals surface area contributed by atoms with Crippen LogP contribution in [0.25, 0.3) is 0 Å². The first-order valence-corrected chi connectivity index (χ1v) is 14.8. The molecule has 0 aliphatic carbocycles. The van der Waals surface area contributed by atoms with E-state index in [2.05, 4.69) is 25.0 Å². The van der Waals surface area contributed by atoms with E-state index in [1.165, 1.54) is 44.5 Å². The lowest BCUT2D eigenvalue weighted by Gasteiger charge is -2.17. The summed E-state index contributed by atoms with van der Waals surface area (Å²) in [5, 5.41) is 2.47. The molecule has 2 aromatic carbocycles. The van der Waals surface area contributed by atoms with Crippen LogP contribution in [-0.4, -0.2) is 69.0 Å². The molecule has 45 heavy (non-hydrogen) atoms. The van der Waals surface area contributed by atoms with E-state index in [9.17, 15) is 18.0 Å². The van der Waals surface area contributed by atoms with Gasteiger partial charge in [-0.2, -0.15) is 4.98 Å². The quantitative estimate of drug-likeness (QED) is 0.140. The Labute approximate surface area is 258 Å². The number of aromatic nitrogens is 3. The number of para-hydroxylation sites is 2. The van der Waals surface area contributed by atoms with E-state index >= 15 is 0 Å². The Hall–Kier alpha value is -5.64. The van der Waals surface area contributed by atoms with E-state index in [-0.39, 0.29) is 54.5 Å². The van der Waals surface area contributed by atoms with Gasteiger partial charge >= 0.3 is 12.1 Å². The number of benzene rings is 2. The highest BCUT2D eigenvalue weighted by Crippen LogP contribution is 2.39. The summed E-state index contributed by atoms with van der Waals surface area (Å²) in [5.74, 6) is 0.270. The van der Waals surface area contributed by atoms with Gasteiger partial charge in [0.25, 0.3) is 15.9 Å². The molecule has 4 aromatic rings. The van der Waals surface area contributed by atoms with E-state index in [1.807, 2.05) is 0 Å². The Kier molecular flexibility index (Phi) is 11.3. The van der Waals surface area contributed by atoms with Gasteiger partial charge in [0.15, 0.2) is 17.3 Å². The number of amides is 1. The minimum absolute atomic E-state index is 0.0501. The van der Waals surface area contributed by atoms with Crippen molar-refractivity contribution in [2.24, 2.45) is 0 Å². The topological polar surface area (TPSA) is 186 Å². The first-order chi connectivity index (χ1) is 21.7. The summed E-state index contributed by atoms with van der Waals surface area (Å²) in [6.07, 6.45) is 1.85. The molecule has 2 heterocycles. The summed E-state index contributed by atoms with van der Waals surface area (Å²) >= 11 is 0. The van der Waals surface area contributed by atoms with Crippen molar-refractivity contribution in [3.8, 4) is 28.9 Å². The molecule has 1 amide bonds. The average molecular weight is 640 g/mol. The minimum atomic E-state index is -4.20. The lowest BCUT2D eigenvalue weighted by atomic mass is 10.3. The van der Waals surface area contributed by atoms with Crippen LogP contribution in [0.1, 0.15) is 6.92 Å². The first-order valence-electron chi connectivity index (χ1n) is 13.3. The van der Waals surface area contributed by atoms with Gasteiger partial charge < -0.3 is 28.4 Å². The molecule has 0 unspecified atom stereocenters. The van der Waals surface area contributed by atoms with Gasteiger partial charge in [0, 0.05) is 13.1 Å². The molecule has 4 rings (SSSR count). The van der Waals surface area contributed by atoms with Crippen molar-refractivity contribution >= 4 is 33.7 Å². The third-order valence-electron chi connectivity index (χ3n) is 5.52. The van der Waals surface area contributed by atoms with Gasteiger partial charge in [0.05, 0.1) is 12.0 Å². The molecule has 0 atom stereocenters. The maximum atomic E-state index is 13.3. The predicted octanol–water partition coefficient (Wildman–Crippen LogP) is 4.04. The molecule has 15 nitrogen and oxygen atoms in total. The number of carbonyl (C=O) groups is 2. The van der Waals surface area contributed by atoms with E-state index in [4.69, 9.17) is 28.4 Å². The molecule has 0 spiro atoms. The summed E-state index contributed by atoms with van der Waals surface area (Å²) in [7, 11) is -2.75. The lowest BCUT2D eigenvalue weighted by molar-refractivity contribution is -0.141. The van der Waals surface area contributed by atoms with Crippen molar-refractivity contribution in [3.63, 3.8) is 0 Å². The molecular weight excluding hydrogens is 610 g/mol. The Morgan fingerprint density at radius 3 is 2.22 bits per heavy atom. The van der Waals surface area contributed by atoms with Crippen LogP contribution < -0.4 is 29.0 Å². The molecule has 16 heteroatoms. The molecule has 0 aliphatic heterocycles. The normalized spacial score (nSPS) is 10.7. The zero-order valence-corrected chi connectivity index (χ0v) is 25.0. The summed E-state index contributed by atoms with van der Waals surface area (Å²) < 4.78 is 61.5. The van der Waals surface area contributed by atoms with Crippen molar-refractivity contribution in [1.29, 1.82) is 0 Å².